The maximum atomic E-state index is 5.44. The Bertz CT molecular complexity index is 325. The molecule has 1 atom stereocenters. The smallest absolute Gasteiger partial charge is 0.0698 e. The number of hydrogen-bond acceptors (Lipinski definition) is 2. The summed E-state index contributed by atoms with van der Waals surface area (Å²) in [6.45, 7) is 3.32. The second kappa shape index (κ2) is 5.98. The van der Waals surface area contributed by atoms with Crippen LogP contribution < -0.4 is 0 Å². The number of halogens is 1. The Hall–Kier alpha value is -0.130. The van der Waals surface area contributed by atoms with E-state index in [2.05, 4.69) is 51.8 Å². The lowest BCUT2D eigenvalue weighted by atomic mass is 10.1. The molecule has 0 saturated carbocycles. The molecule has 0 aliphatic carbocycles. The molecule has 1 aliphatic heterocycles. The minimum Gasteiger partial charge on any atom is -0.380 e. The van der Waals surface area contributed by atoms with Crippen molar-refractivity contribution in [1.82, 2.24) is 4.90 Å². The maximum Gasteiger partial charge on any atom is 0.0698 e. The van der Waals surface area contributed by atoms with Crippen LogP contribution >= 0.6 is 22.6 Å². The van der Waals surface area contributed by atoms with E-state index in [-0.39, 0.29) is 0 Å². The highest BCUT2D eigenvalue weighted by Gasteiger charge is 2.18. The van der Waals surface area contributed by atoms with Crippen molar-refractivity contribution in [2.45, 2.75) is 25.5 Å². The fraction of sp³-hybridized carbons (Fsp3) is 0.538. The maximum absolute atomic E-state index is 5.44. The molecule has 2 rings (SSSR count). The molecule has 1 unspecified atom stereocenters. The molecule has 1 aliphatic rings. The third-order valence-electron chi connectivity index (χ3n) is 3.12. The van der Waals surface area contributed by atoms with E-state index in [4.69, 9.17) is 4.74 Å². The Morgan fingerprint density at radius 3 is 2.81 bits per heavy atom. The molecule has 0 aromatic heterocycles. The van der Waals surface area contributed by atoms with Gasteiger partial charge in [-0.05, 0) is 59.7 Å². The summed E-state index contributed by atoms with van der Waals surface area (Å²) in [6, 6.07) is 8.79. The second-order valence-electron chi connectivity index (χ2n) is 4.36. The average molecular weight is 331 g/mol. The van der Waals surface area contributed by atoms with Gasteiger partial charge in [0.1, 0.15) is 0 Å². The lowest BCUT2D eigenvalue weighted by Gasteiger charge is -2.31. The summed E-state index contributed by atoms with van der Waals surface area (Å²) in [5, 5.41) is 0. The van der Waals surface area contributed by atoms with Crippen LogP contribution in [-0.2, 0) is 11.3 Å². The van der Waals surface area contributed by atoms with Crippen LogP contribution in [0, 0.1) is 3.57 Å². The van der Waals surface area contributed by atoms with Crippen molar-refractivity contribution in [1.29, 1.82) is 0 Å². The summed E-state index contributed by atoms with van der Waals surface area (Å²) in [5.41, 5.74) is 1.40. The SMILES string of the molecule is COC1CCCN(Cc2ccc(I)cc2)C1. The Balaban J connectivity index is 1.91. The molecular weight excluding hydrogens is 313 g/mol. The number of benzene rings is 1. The standard InChI is InChI=1S/C13H18INO/c1-16-13-3-2-8-15(10-13)9-11-4-6-12(14)7-5-11/h4-7,13H,2-3,8-10H2,1H3. The highest BCUT2D eigenvalue weighted by atomic mass is 127. The van der Waals surface area contributed by atoms with Crippen LogP contribution in [0.25, 0.3) is 0 Å². The number of nitrogens with zero attached hydrogens (tertiary/aromatic N) is 1. The zero-order valence-electron chi connectivity index (χ0n) is 9.66. The number of hydrogen-bond donors (Lipinski definition) is 0. The van der Waals surface area contributed by atoms with Gasteiger partial charge >= 0.3 is 0 Å². The van der Waals surface area contributed by atoms with E-state index in [0.29, 0.717) is 6.10 Å². The monoisotopic (exact) mass is 331 g/mol. The number of rotatable bonds is 3. The molecule has 0 spiro atoms. The van der Waals surface area contributed by atoms with Crippen LogP contribution in [0.2, 0.25) is 0 Å². The summed E-state index contributed by atoms with van der Waals surface area (Å²) in [7, 11) is 1.82. The molecule has 0 bridgehead atoms. The highest BCUT2D eigenvalue weighted by Crippen LogP contribution is 2.16. The van der Waals surface area contributed by atoms with E-state index < -0.39 is 0 Å². The molecule has 0 N–H and O–H groups in total. The van der Waals surface area contributed by atoms with Crippen LogP contribution in [0.5, 0.6) is 0 Å². The second-order valence-corrected chi connectivity index (χ2v) is 5.61. The Labute approximate surface area is 111 Å². The van der Waals surface area contributed by atoms with Crippen molar-refractivity contribution in [2.75, 3.05) is 20.2 Å². The Kier molecular flexibility index (Phi) is 4.61. The first kappa shape index (κ1) is 12.3. The van der Waals surface area contributed by atoms with Crippen molar-refractivity contribution in [2.24, 2.45) is 0 Å². The minimum absolute atomic E-state index is 0.428. The molecular formula is C13H18INO. The molecule has 3 heteroatoms. The zero-order chi connectivity index (χ0) is 11.4. The van der Waals surface area contributed by atoms with Crippen LogP contribution in [-0.4, -0.2) is 31.2 Å². The highest BCUT2D eigenvalue weighted by molar-refractivity contribution is 14.1. The van der Waals surface area contributed by atoms with Gasteiger partial charge in [0.2, 0.25) is 0 Å². The molecule has 88 valence electrons. The Morgan fingerprint density at radius 2 is 2.12 bits per heavy atom. The van der Waals surface area contributed by atoms with Gasteiger partial charge < -0.3 is 4.74 Å². The number of methoxy groups -OCH3 is 1. The van der Waals surface area contributed by atoms with E-state index in [9.17, 15) is 0 Å². The first-order valence-electron chi connectivity index (χ1n) is 5.77. The molecule has 0 amide bonds. The average Bonchev–Trinajstić information content (AvgIpc) is 2.32. The molecule has 1 heterocycles. The van der Waals surface area contributed by atoms with E-state index in [1.54, 1.807) is 0 Å². The summed E-state index contributed by atoms with van der Waals surface area (Å²) >= 11 is 2.34. The van der Waals surface area contributed by atoms with Crippen LogP contribution in [0.15, 0.2) is 24.3 Å². The van der Waals surface area contributed by atoms with Gasteiger partial charge in [-0.15, -0.1) is 0 Å². The number of piperidine rings is 1. The first-order chi connectivity index (χ1) is 7.78. The van der Waals surface area contributed by atoms with Gasteiger partial charge in [0.05, 0.1) is 6.10 Å². The van der Waals surface area contributed by atoms with Crippen LogP contribution in [0.4, 0.5) is 0 Å². The van der Waals surface area contributed by atoms with Crippen LogP contribution in [0.1, 0.15) is 18.4 Å². The van der Waals surface area contributed by atoms with Crippen molar-refractivity contribution >= 4 is 22.6 Å². The zero-order valence-corrected chi connectivity index (χ0v) is 11.8. The van der Waals surface area contributed by atoms with Crippen molar-refractivity contribution in [3.8, 4) is 0 Å². The predicted octanol–water partition coefficient (Wildman–Crippen LogP) is 2.90. The summed E-state index contributed by atoms with van der Waals surface area (Å²) in [6.07, 6.45) is 2.89. The lowest BCUT2D eigenvalue weighted by Crippen LogP contribution is -2.38. The van der Waals surface area contributed by atoms with Gasteiger partial charge in [0, 0.05) is 23.8 Å². The van der Waals surface area contributed by atoms with Gasteiger partial charge in [-0.1, -0.05) is 12.1 Å². The van der Waals surface area contributed by atoms with Crippen LogP contribution in [0.3, 0.4) is 0 Å². The van der Waals surface area contributed by atoms with Gasteiger partial charge in [0.25, 0.3) is 0 Å². The number of likely N-dealkylation sites (tertiary alicyclic amines) is 1. The summed E-state index contributed by atoms with van der Waals surface area (Å²) < 4.78 is 6.74. The quantitative estimate of drug-likeness (QED) is 0.790. The molecule has 1 saturated heterocycles. The topological polar surface area (TPSA) is 12.5 Å². The van der Waals surface area contributed by atoms with Gasteiger partial charge in [0.15, 0.2) is 0 Å². The Morgan fingerprint density at radius 1 is 1.38 bits per heavy atom. The predicted molar refractivity (Wildman–Crippen MR) is 74.5 cm³/mol. The fourth-order valence-electron chi connectivity index (χ4n) is 2.20. The van der Waals surface area contributed by atoms with Crippen molar-refractivity contribution in [3.05, 3.63) is 33.4 Å². The molecule has 1 fully saturated rings. The van der Waals surface area contributed by atoms with E-state index in [0.717, 1.165) is 13.1 Å². The third kappa shape index (κ3) is 3.43. The van der Waals surface area contributed by atoms with Crippen molar-refractivity contribution < 1.29 is 4.74 Å². The summed E-state index contributed by atoms with van der Waals surface area (Å²) in [5.74, 6) is 0. The molecule has 16 heavy (non-hydrogen) atoms. The van der Waals surface area contributed by atoms with Gasteiger partial charge in [-0.25, -0.2) is 0 Å². The van der Waals surface area contributed by atoms with Gasteiger partial charge in [-0.3, -0.25) is 4.90 Å². The van der Waals surface area contributed by atoms with E-state index in [1.165, 1.54) is 28.5 Å². The van der Waals surface area contributed by atoms with Crippen molar-refractivity contribution in [3.63, 3.8) is 0 Å². The molecule has 0 radical (unpaired) electrons. The normalized spacial score (nSPS) is 22.2. The van der Waals surface area contributed by atoms with E-state index in [1.807, 2.05) is 7.11 Å². The van der Waals surface area contributed by atoms with E-state index >= 15 is 0 Å². The lowest BCUT2D eigenvalue weighted by molar-refractivity contribution is 0.0285. The fourth-order valence-corrected chi connectivity index (χ4v) is 2.56. The minimum atomic E-state index is 0.428. The summed E-state index contributed by atoms with van der Waals surface area (Å²) in [4.78, 5) is 2.49. The first-order valence-corrected chi connectivity index (χ1v) is 6.85. The molecule has 2 nitrogen and oxygen atoms in total. The largest absolute Gasteiger partial charge is 0.380 e. The number of ether oxygens (including phenoxy) is 1. The third-order valence-corrected chi connectivity index (χ3v) is 3.83. The van der Waals surface area contributed by atoms with Gasteiger partial charge in [-0.2, -0.15) is 0 Å². The molecule has 1 aromatic rings. The molecule has 1 aromatic carbocycles.